The first kappa shape index (κ1) is 21.0. The van der Waals surface area contributed by atoms with Gasteiger partial charge in [-0.2, -0.15) is 10.2 Å². The zero-order chi connectivity index (χ0) is 23.8. The Morgan fingerprint density at radius 2 is 1.69 bits per heavy atom. The highest BCUT2D eigenvalue weighted by Crippen LogP contribution is 2.34. The zero-order valence-electron chi connectivity index (χ0n) is 19.4. The minimum atomic E-state index is -0.0637. The number of nitrogens with one attached hydrogen (secondary N) is 1. The van der Waals surface area contributed by atoms with Gasteiger partial charge in [0.05, 0.1) is 37.4 Å². The number of nitrogens with zero attached hydrogens (tertiary/aromatic N) is 3. The molecule has 35 heavy (non-hydrogen) atoms. The molecule has 0 spiro atoms. The summed E-state index contributed by atoms with van der Waals surface area (Å²) >= 11 is 0. The first-order valence-corrected chi connectivity index (χ1v) is 11.4. The van der Waals surface area contributed by atoms with Gasteiger partial charge in [0.2, 0.25) is 0 Å². The third-order valence-electron chi connectivity index (χ3n) is 6.23. The van der Waals surface area contributed by atoms with Crippen LogP contribution in [-0.4, -0.2) is 29.7 Å². The molecular weight excluding hydrogens is 440 g/mol. The first-order valence-electron chi connectivity index (χ1n) is 11.4. The van der Waals surface area contributed by atoms with Crippen molar-refractivity contribution in [3.05, 3.63) is 96.2 Å². The molecule has 1 aliphatic rings. The Morgan fingerprint density at radius 3 is 2.49 bits per heavy atom. The van der Waals surface area contributed by atoms with Crippen LogP contribution in [0.1, 0.15) is 23.7 Å². The summed E-state index contributed by atoms with van der Waals surface area (Å²) in [5, 5.41) is 10.6. The van der Waals surface area contributed by atoms with Crippen molar-refractivity contribution in [2.45, 2.75) is 12.5 Å². The van der Waals surface area contributed by atoms with Crippen LogP contribution in [0.5, 0.6) is 11.5 Å². The number of fused-ring (bicyclic) bond motifs is 1. The van der Waals surface area contributed by atoms with Gasteiger partial charge in [-0.15, -0.1) is 0 Å². The van der Waals surface area contributed by atoms with Crippen LogP contribution in [0.15, 0.2) is 94.4 Å². The fraction of sp³-hybridized carbons (Fsp3) is 0.143. The van der Waals surface area contributed by atoms with Crippen LogP contribution in [-0.2, 0) is 0 Å². The van der Waals surface area contributed by atoms with E-state index in [4.69, 9.17) is 19.0 Å². The van der Waals surface area contributed by atoms with Crippen molar-refractivity contribution in [1.29, 1.82) is 0 Å². The van der Waals surface area contributed by atoms with Gasteiger partial charge in [0, 0.05) is 17.4 Å². The number of furan rings is 1. The Labute approximate surface area is 202 Å². The third-order valence-corrected chi connectivity index (χ3v) is 6.23. The molecule has 7 nitrogen and oxygen atoms in total. The van der Waals surface area contributed by atoms with Crippen LogP contribution in [0.4, 0.5) is 0 Å². The second kappa shape index (κ2) is 8.68. The van der Waals surface area contributed by atoms with Crippen LogP contribution in [0.2, 0.25) is 0 Å². The number of hydrazone groups is 1. The van der Waals surface area contributed by atoms with E-state index in [1.165, 1.54) is 0 Å². The minimum absolute atomic E-state index is 0.0637. The van der Waals surface area contributed by atoms with Crippen molar-refractivity contribution >= 4 is 16.7 Å². The van der Waals surface area contributed by atoms with E-state index in [0.717, 1.165) is 45.1 Å². The van der Waals surface area contributed by atoms with Gasteiger partial charge in [0.25, 0.3) is 0 Å². The Balaban J connectivity index is 1.35. The Hall–Kier alpha value is -4.52. The Bertz CT molecular complexity index is 1500. The van der Waals surface area contributed by atoms with Crippen LogP contribution < -0.4 is 14.9 Å². The van der Waals surface area contributed by atoms with Gasteiger partial charge in [-0.3, -0.25) is 0 Å². The lowest BCUT2D eigenvalue weighted by Crippen LogP contribution is -2.11. The molecule has 0 amide bonds. The lowest BCUT2D eigenvalue weighted by Gasteiger charge is -2.09. The highest BCUT2D eigenvalue weighted by atomic mass is 16.5. The summed E-state index contributed by atoms with van der Waals surface area (Å²) in [5.74, 6) is 2.14. The predicted molar refractivity (Wildman–Crippen MR) is 135 cm³/mol. The molecule has 3 heterocycles. The second-order valence-electron chi connectivity index (χ2n) is 8.36. The summed E-state index contributed by atoms with van der Waals surface area (Å²) in [6.45, 7) is 0. The minimum Gasteiger partial charge on any atom is -0.493 e. The van der Waals surface area contributed by atoms with Crippen molar-refractivity contribution in [2.24, 2.45) is 5.10 Å². The molecule has 0 fully saturated rings. The third kappa shape index (κ3) is 3.81. The van der Waals surface area contributed by atoms with Crippen LogP contribution >= 0.6 is 0 Å². The van der Waals surface area contributed by atoms with Crippen LogP contribution in [0.3, 0.4) is 0 Å². The molecule has 0 saturated heterocycles. The number of para-hydroxylation sites is 2. The van der Waals surface area contributed by atoms with Crippen molar-refractivity contribution in [1.82, 2.24) is 15.2 Å². The smallest absolute Gasteiger partial charge is 0.161 e. The largest absolute Gasteiger partial charge is 0.493 e. The predicted octanol–water partition coefficient (Wildman–Crippen LogP) is 5.74. The molecule has 2 aromatic heterocycles. The van der Waals surface area contributed by atoms with E-state index in [0.29, 0.717) is 17.9 Å². The Morgan fingerprint density at radius 1 is 0.886 bits per heavy atom. The van der Waals surface area contributed by atoms with Gasteiger partial charge in [-0.05, 0) is 48.5 Å². The molecule has 5 aromatic rings. The molecule has 1 atom stereocenters. The molecule has 0 bridgehead atoms. The van der Waals surface area contributed by atoms with E-state index >= 15 is 0 Å². The number of ether oxygens (including phenoxy) is 2. The number of methoxy groups -OCH3 is 2. The molecule has 0 saturated carbocycles. The van der Waals surface area contributed by atoms with E-state index in [9.17, 15) is 0 Å². The molecule has 0 aliphatic carbocycles. The van der Waals surface area contributed by atoms with Crippen molar-refractivity contribution in [3.8, 4) is 28.6 Å². The SMILES string of the molecule is COc1ccc(C2=NNC(c3cc(-c4cc5ccccc5o4)n(-c4ccccc4)n3)C2)cc1OC. The quantitative estimate of drug-likeness (QED) is 0.347. The number of aromatic nitrogens is 2. The van der Waals surface area contributed by atoms with E-state index in [1.54, 1.807) is 14.2 Å². The molecule has 174 valence electrons. The van der Waals surface area contributed by atoms with Gasteiger partial charge in [0.1, 0.15) is 11.3 Å². The summed E-state index contributed by atoms with van der Waals surface area (Å²) in [6, 6.07) is 28.0. The van der Waals surface area contributed by atoms with Gasteiger partial charge in [-0.1, -0.05) is 36.4 Å². The van der Waals surface area contributed by atoms with Gasteiger partial charge >= 0.3 is 0 Å². The Kier molecular flexibility index (Phi) is 5.22. The van der Waals surface area contributed by atoms with E-state index < -0.39 is 0 Å². The molecular formula is C28H24N4O3. The maximum atomic E-state index is 6.19. The molecule has 6 rings (SSSR count). The van der Waals surface area contributed by atoms with Crippen LogP contribution in [0.25, 0.3) is 28.1 Å². The lowest BCUT2D eigenvalue weighted by atomic mass is 10.0. The van der Waals surface area contributed by atoms with E-state index in [2.05, 4.69) is 22.7 Å². The maximum Gasteiger partial charge on any atom is 0.161 e. The van der Waals surface area contributed by atoms with Gasteiger partial charge in [0.15, 0.2) is 17.3 Å². The molecule has 7 heteroatoms. The van der Waals surface area contributed by atoms with Crippen molar-refractivity contribution in [2.75, 3.05) is 14.2 Å². The lowest BCUT2D eigenvalue weighted by molar-refractivity contribution is 0.355. The van der Waals surface area contributed by atoms with Crippen molar-refractivity contribution < 1.29 is 13.9 Å². The summed E-state index contributed by atoms with van der Waals surface area (Å²) in [5.41, 5.74) is 8.79. The fourth-order valence-corrected chi connectivity index (χ4v) is 4.43. The van der Waals surface area contributed by atoms with Gasteiger partial charge in [-0.25, -0.2) is 4.68 Å². The normalized spacial score (nSPS) is 15.1. The average molecular weight is 465 g/mol. The summed E-state index contributed by atoms with van der Waals surface area (Å²) in [7, 11) is 3.26. The molecule has 1 unspecified atom stereocenters. The average Bonchev–Trinajstić information content (AvgIpc) is 3.66. The van der Waals surface area contributed by atoms with E-state index in [1.807, 2.05) is 77.5 Å². The van der Waals surface area contributed by atoms with Crippen molar-refractivity contribution in [3.63, 3.8) is 0 Å². The monoisotopic (exact) mass is 464 g/mol. The second-order valence-corrected chi connectivity index (χ2v) is 8.36. The maximum absolute atomic E-state index is 6.19. The fourth-order valence-electron chi connectivity index (χ4n) is 4.43. The topological polar surface area (TPSA) is 73.8 Å². The molecule has 0 radical (unpaired) electrons. The summed E-state index contributed by atoms with van der Waals surface area (Å²) in [4.78, 5) is 0. The number of rotatable bonds is 6. The molecule has 3 aromatic carbocycles. The van der Waals surface area contributed by atoms with E-state index in [-0.39, 0.29) is 6.04 Å². The van der Waals surface area contributed by atoms with Gasteiger partial charge < -0.3 is 19.3 Å². The highest BCUT2D eigenvalue weighted by molar-refractivity contribution is 6.02. The number of hydrogen-bond donors (Lipinski definition) is 1. The molecule has 1 N–H and O–H groups in total. The summed E-state index contributed by atoms with van der Waals surface area (Å²) in [6.07, 6.45) is 0.695. The first-order chi connectivity index (χ1) is 17.2. The summed E-state index contributed by atoms with van der Waals surface area (Å²) < 4.78 is 19.0. The number of benzene rings is 3. The zero-order valence-corrected chi connectivity index (χ0v) is 19.4. The van der Waals surface area contributed by atoms with Crippen LogP contribution in [0, 0.1) is 0 Å². The highest BCUT2D eigenvalue weighted by Gasteiger charge is 2.26. The molecule has 1 aliphatic heterocycles. The number of hydrogen-bond acceptors (Lipinski definition) is 6. The standard InChI is InChI=1S/C28H24N4O3/c1-33-26-13-12-18(14-28(26)34-2)21-16-22(30-29-21)23-17-24(32(31-23)20-9-4-3-5-10-20)27-15-19-8-6-7-11-25(19)35-27/h3-15,17,22,30H,16H2,1-2H3.